The van der Waals surface area contributed by atoms with Crippen molar-refractivity contribution < 1.29 is 13.2 Å². The van der Waals surface area contributed by atoms with Crippen molar-refractivity contribution in [1.82, 2.24) is 9.71 Å². The first-order valence-corrected chi connectivity index (χ1v) is 6.94. The highest BCUT2D eigenvalue weighted by molar-refractivity contribution is 7.90. The van der Waals surface area contributed by atoms with Gasteiger partial charge >= 0.3 is 0 Å². The molecule has 0 saturated heterocycles. The molecule has 1 heterocycles. The monoisotopic (exact) mass is 248 g/mol. The van der Waals surface area contributed by atoms with E-state index in [-0.39, 0.29) is 5.75 Å². The third-order valence-electron chi connectivity index (χ3n) is 1.67. The molecule has 0 aliphatic rings. The Morgan fingerprint density at radius 3 is 2.73 bits per heavy atom. The van der Waals surface area contributed by atoms with E-state index >= 15 is 0 Å². The van der Waals surface area contributed by atoms with Crippen molar-refractivity contribution in [3.63, 3.8) is 0 Å². The molecule has 1 rings (SSSR count). The van der Waals surface area contributed by atoms with Crippen molar-refractivity contribution in [1.29, 1.82) is 0 Å². The number of nitrogens with one attached hydrogen (secondary N) is 1. The molecule has 1 aromatic rings. The predicted molar refractivity (Wildman–Crippen MR) is 58.4 cm³/mol. The summed E-state index contributed by atoms with van der Waals surface area (Å²) in [6.45, 7) is 3.40. The molecule has 1 N–H and O–H groups in total. The Morgan fingerprint density at radius 2 is 2.27 bits per heavy atom. The number of rotatable bonds is 4. The molecule has 15 heavy (non-hydrogen) atoms. The lowest BCUT2D eigenvalue weighted by Gasteiger charge is -2.03. The minimum atomic E-state index is -3.49. The fourth-order valence-corrected chi connectivity index (χ4v) is 2.81. The molecule has 84 valence electrons. The fourth-order valence-electron chi connectivity index (χ4n) is 1.03. The molecule has 0 saturated carbocycles. The molecule has 7 heteroatoms. The Hall–Kier alpha value is -0.950. The van der Waals surface area contributed by atoms with Crippen LogP contribution in [-0.4, -0.2) is 25.1 Å². The maximum absolute atomic E-state index is 11.5. The number of amides is 1. The molecule has 0 unspecified atom stereocenters. The van der Waals surface area contributed by atoms with E-state index in [2.05, 4.69) is 4.98 Å². The van der Waals surface area contributed by atoms with Crippen molar-refractivity contribution in [2.75, 3.05) is 5.75 Å². The van der Waals surface area contributed by atoms with Gasteiger partial charge in [-0.15, -0.1) is 11.3 Å². The van der Waals surface area contributed by atoms with Gasteiger partial charge in [0.25, 0.3) is 5.91 Å². The van der Waals surface area contributed by atoms with Gasteiger partial charge in [0.05, 0.1) is 17.0 Å². The molecule has 1 aromatic heterocycles. The molecular formula is C8H12N2O3S2. The highest BCUT2D eigenvalue weighted by atomic mass is 32.2. The van der Waals surface area contributed by atoms with Crippen LogP contribution in [0.5, 0.6) is 0 Å². The topological polar surface area (TPSA) is 76.1 Å². The number of hydrogen-bond donors (Lipinski definition) is 1. The molecule has 0 bridgehead atoms. The minimum absolute atomic E-state index is 0.0450. The van der Waals surface area contributed by atoms with E-state index in [4.69, 9.17) is 0 Å². The summed E-state index contributed by atoms with van der Waals surface area (Å²) < 4.78 is 24.6. The van der Waals surface area contributed by atoms with E-state index in [9.17, 15) is 13.2 Å². The number of thiazole rings is 1. The molecule has 5 nitrogen and oxygen atoms in total. The lowest BCUT2D eigenvalue weighted by Crippen LogP contribution is -2.32. The third kappa shape index (κ3) is 3.28. The molecule has 0 aliphatic heterocycles. The van der Waals surface area contributed by atoms with Crippen LogP contribution in [-0.2, 0) is 10.0 Å². The molecule has 0 atom stereocenters. The Bertz CT molecular complexity index is 450. The number of sulfonamides is 1. The van der Waals surface area contributed by atoms with Crippen LogP contribution in [0.3, 0.4) is 0 Å². The SMILES string of the molecule is CCCS(=O)(=O)NC(=O)c1scnc1C. The Labute approximate surface area is 92.6 Å². The van der Waals surface area contributed by atoms with Gasteiger partial charge in [-0.3, -0.25) is 4.79 Å². The summed E-state index contributed by atoms with van der Waals surface area (Å²) >= 11 is 1.13. The van der Waals surface area contributed by atoms with Crippen molar-refractivity contribution >= 4 is 27.3 Å². The molecule has 0 aromatic carbocycles. The van der Waals surface area contributed by atoms with Crippen LogP contribution in [0.2, 0.25) is 0 Å². The second-order valence-corrected chi connectivity index (χ2v) is 5.71. The van der Waals surface area contributed by atoms with Gasteiger partial charge in [-0.05, 0) is 13.3 Å². The highest BCUT2D eigenvalue weighted by Gasteiger charge is 2.17. The number of aromatic nitrogens is 1. The van der Waals surface area contributed by atoms with Crippen LogP contribution in [0.4, 0.5) is 0 Å². The Kier molecular flexibility index (Phi) is 3.81. The summed E-state index contributed by atoms with van der Waals surface area (Å²) in [5.74, 6) is -0.639. The lowest BCUT2D eigenvalue weighted by atomic mass is 10.4. The van der Waals surface area contributed by atoms with Crippen molar-refractivity contribution in [2.45, 2.75) is 20.3 Å². The number of carbonyl (C=O) groups excluding carboxylic acids is 1. The largest absolute Gasteiger partial charge is 0.276 e. The predicted octanol–water partition coefficient (Wildman–Crippen LogP) is 0.921. The van der Waals surface area contributed by atoms with E-state index in [0.29, 0.717) is 17.0 Å². The summed E-state index contributed by atoms with van der Waals surface area (Å²) in [6, 6.07) is 0. The Balaban J connectivity index is 2.77. The normalized spacial score (nSPS) is 11.3. The molecule has 1 amide bonds. The summed E-state index contributed by atoms with van der Waals surface area (Å²) in [4.78, 5) is 15.7. The highest BCUT2D eigenvalue weighted by Crippen LogP contribution is 2.11. The summed E-state index contributed by atoms with van der Waals surface area (Å²) in [6.07, 6.45) is 0.476. The van der Waals surface area contributed by atoms with Gasteiger partial charge in [-0.2, -0.15) is 0 Å². The zero-order chi connectivity index (χ0) is 11.5. The second kappa shape index (κ2) is 4.71. The Morgan fingerprint density at radius 1 is 1.60 bits per heavy atom. The van der Waals surface area contributed by atoms with E-state index in [0.717, 1.165) is 11.3 Å². The number of nitrogens with zero attached hydrogens (tertiary/aromatic N) is 1. The van der Waals surface area contributed by atoms with E-state index in [1.54, 1.807) is 13.8 Å². The van der Waals surface area contributed by atoms with Gasteiger partial charge < -0.3 is 0 Å². The van der Waals surface area contributed by atoms with Crippen LogP contribution >= 0.6 is 11.3 Å². The van der Waals surface area contributed by atoms with Gasteiger partial charge in [-0.1, -0.05) is 6.92 Å². The molecule has 0 fully saturated rings. The van der Waals surface area contributed by atoms with Crippen LogP contribution < -0.4 is 4.72 Å². The fraction of sp³-hybridized carbons (Fsp3) is 0.500. The van der Waals surface area contributed by atoms with Gasteiger partial charge in [0.15, 0.2) is 0 Å². The van der Waals surface area contributed by atoms with Crippen LogP contribution in [0, 0.1) is 6.92 Å². The van der Waals surface area contributed by atoms with E-state index < -0.39 is 15.9 Å². The standard InChI is InChI=1S/C8H12N2O3S2/c1-3-4-15(12,13)10-8(11)7-6(2)9-5-14-7/h5H,3-4H2,1-2H3,(H,10,11). The molecule has 0 spiro atoms. The van der Waals surface area contributed by atoms with Crippen LogP contribution in [0.25, 0.3) is 0 Å². The van der Waals surface area contributed by atoms with E-state index in [1.807, 2.05) is 4.72 Å². The first-order chi connectivity index (χ1) is 6.96. The summed E-state index contributed by atoms with van der Waals surface area (Å²) in [5.41, 5.74) is 2.06. The van der Waals surface area contributed by atoms with Gasteiger partial charge in [0, 0.05) is 0 Å². The van der Waals surface area contributed by atoms with Crippen molar-refractivity contribution in [2.24, 2.45) is 0 Å². The van der Waals surface area contributed by atoms with Gasteiger partial charge in [0.1, 0.15) is 4.88 Å². The first kappa shape index (κ1) is 12.1. The lowest BCUT2D eigenvalue weighted by molar-refractivity contribution is 0.0984. The van der Waals surface area contributed by atoms with Crippen LogP contribution in [0.1, 0.15) is 28.7 Å². The number of hydrogen-bond acceptors (Lipinski definition) is 5. The minimum Gasteiger partial charge on any atom is -0.267 e. The van der Waals surface area contributed by atoms with Crippen molar-refractivity contribution in [3.8, 4) is 0 Å². The molecule has 0 aliphatic carbocycles. The first-order valence-electron chi connectivity index (χ1n) is 4.41. The van der Waals surface area contributed by atoms with Crippen molar-refractivity contribution in [3.05, 3.63) is 16.1 Å². The zero-order valence-electron chi connectivity index (χ0n) is 8.48. The van der Waals surface area contributed by atoms with Gasteiger partial charge in [-0.25, -0.2) is 18.1 Å². The zero-order valence-corrected chi connectivity index (χ0v) is 10.1. The second-order valence-electron chi connectivity index (χ2n) is 3.02. The average molecular weight is 248 g/mol. The number of aryl methyl sites for hydroxylation is 1. The average Bonchev–Trinajstić information content (AvgIpc) is 2.50. The molecular weight excluding hydrogens is 236 g/mol. The maximum Gasteiger partial charge on any atom is 0.276 e. The van der Waals surface area contributed by atoms with E-state index in [1.165, 1.54) is 5.51 Å². The maximum atomic E-state index is 11.5. The number of carbonyl (C=O) groups is 1. The third-order valence-corrected chi connectivity index (χ3v) is 4.04. The van der Waals surface area contributed by atoms with Crippen LogP contribution in [0.15, 0.2) is 5.51 Å². The molecule has 0 radical (unpaired) electrons. The van der Waals surface area contributed by atoms with Gasteiger partial charge in [0.2, 0.25) is 10.0 Å². The quantitative estimate of drug-likeness (QED) is 0.859. The smallest absolute Gasteiger partial charge is 0.267 e. The summed E-state index contributed by atoms with van der Waals surface area (Å²) in [7, 11) is -3.49. The summed E-state index contributed by atoms with van der Waals surface area (Å²) in [5, 5.41) is 0.